The maximum atomic E-state index is 5.61. The van der Waals surface area contributed by atoms with Crippen LogP contribution in [0.1, 0.15) is 33.9 Å². The molecule has 0 bridgehead atoms. The molecule has 0 aliphatic rings. The Labute approximate surface area is 161 Å². The van der Waals surface area contributed by atoms with Crippen molar-refractivity contribution in [3.63, 3.8) is 0 Å². The van der Waals surface area contributed by atoms with Gasteiger partial charge in [-0.05, 0) is 55.7 Å². The Balaban J connectivity index is 1.83. The molecule has 0 aliphatic carbocycles. The summed E-state index contributed by atoms with van der Waals surface area (Å²) in [6.45, 7) is 6.28. The summed E-state index contributed by atoms with van der Waals surface area (Å²) in [7, 11) is 0. The SMILES string of the molecule is Cc1ccc([C@@H](NC(=S)Nc2ccc(C)cc2C)c2ccccc2)cc1. The van der Waals surface area contributed by atoms with Crippen LogP contribution < -0.4 is 10.6 Å². The average Bonchev–Trinajstić information content (AvgIpc) is 2.64. The van der Waals surface area contributed by atoms with Crippen LogP contribution in [0.5, 0.6) is 0 Å². The Bertz CT molecular complexity index is 886. The predicted molar refractivity (Wildman–Crippen MR) is 115 cm³/mol. The molecule has 0 radical (unpaired) electrons. The molecular weight excluding hydrogens is 336 g/mol. The zero-order valence-electron chi connectivity index (χ0n) is 15.4. The zero-order chi connectivity index (χ0) is 18.5. The van der Waals surface area contributed by atoms with Crippen LogP contribution in [0.4, 0.5) is 5.69 Å². The quantitative estimate of drug-likeness (QED) is 0.585. The van der Waals surface area contributed by atoms with Crippen LogP contribution in [0.15, 0.2) is 72.8 Å². The summed E-state index contributed by atoms with van der Waals surface area (Å²) in [6, 6.07) is 25.3. The molecule has 132 valence electrons. The van der Waals surface area contributed by atoms with E-state index >= 15 is 0 Å². The molecule has 2 nitrogen and oxygen atoms in total. The van der Waals surface area contributed by atoms with Gasteiger partial charge in [0, 0.05) is 5.69 Å². The van der Waals surface area contributed by atoms with E-state index in [1.165, 1.54) is 27.8 Å². The molecule has 26 heavy (non-hydrogen) atoms. The van der Waals surface area contributed by atoms with E-state index < -0.39 is 0 Å². The van der Waals surface area contributed by atoms with Gasteiger partial charge in [-0.15, -0.1) is 0 Å². The second kappa shape index (κ2) is 8.15. The fourth-order valence-corrected chi connectivity index (χ4v) is 3.23. The van der Waals surface area contributed by atoms with Crippen LogP contribution in [0.3, 0.4) is 0 Å². The number of benzene rings is 3. The van der Waals surface area contributed by atoms with Gasteiger partial charge in [0.2, 0.25) is 0 Å². The fourth-order valence-electron chi connectivity index (χ4n) is 3.01. The maximum absolute atomic E-state index is 5.61. The van der Waals surface area contributed by atoms with E-state index in [2.05, 4.69) is 98.1 Å². The summed E-state index contributed by atoms with van der Waals surface area (Å²) < 4.78 is 0. The van der Waals surface area contributed by atoms with E-state index in [4.69, 9.17) is 12.2 Å². The summed E-state index contributed by atoms with van der Waals surface area (Å²) in [5.41, 5.74) is 7.07. The van der Waals surface area contributed by atoms with Gasteiger partial charge in [-0.1, -0.05) is 77.9 Å². The number of hydrogen-bond acceptors (Lipinski definition) is 1. The first kappa shape index (κ1) is 18.2. The highest BCUT2D eigenvalue weighted by Gasteiger charge is 2.15. The zero-order valence-corrected chi connectivity index (χ0v) is 16.2. The average molecular weight is 361 g/mol. The smallest absolute Gasteiger partial charge is 0.171 e. The molecule has 0 unspecified atom stereocenters. The third kappa shape index (κ3) is 4.50. The minimum atomic E-state index is 0.00237. The third-order valence-electron chi connectivity index (χ3n) is 4.45. The molecule has 0 spiro atoms. The molecular formula is C23H24N2S. The van der Waals surface area contributed by atoms with Crippen molar-refractivity contribution in [2.45, 2.75) is 26.8 Å². The van der Waals surface area contributed by atoms with Gasteiger partial charge in [-0.2, -0.15) is 0 Å². The first-order valence-electron chi connectivity index (χ1n) is 8.79. The fraction of sp³-hybridized carbons (Fsp3) is 0.174. The van der Waals surface area contributed by atoms with Gasteiger partial charge >= 0.3 is 0 Å². The van der Waals surface area contributed by atoms with Crippen molar-refractivity contribution in [2.75, 3.05) is 5.32 Å². The van der Waals surface area contributed by atoms with Gasteiger partial charge in [-0.3, -0.25) is 0 Å². The summed E-state index contributed by atoms with van der Waals surface area (Å²) >= 11 is 5.61. The van der Waals surface area contributed by atoms with Gasteiger partial charge in [0.15, 0.2) is 5.11 Å². The number of hydrogen-bond donors (Lipinski definition) is 2. The molecule has 0 heterocycles. The van der Waals surface area contributed by atoms with Crippen LogP contribution in [0.2, 0.25) is 0 Å². The first-order chi connectivity index (χ1) is 12.5. The van der Waals surface area contributed by atoms with E-state index in [1.807, 2.05) is 6.07 Å². The van der Waals surface area contributed by atoms with Crippen molar-refractivity contribution in [1.29, 1.82) is 0 Å². The van der Waals surface area contributed by atoms with E-state index in [0.29, 0.717) is 5.11 Å². The van der Waals surface area contributed by atoms with Crippen LogP contribution in [-0.4, -0.2) is 5.11 Å². The van der Waals surface area contributed by atoms with Crippen molar-refractivity contribution in [3.05, 3.63) is 101 Å². The lowest BCUT2D eigenvalue weighted by Gasteiger charge is -2.22. The Hall–Kier alpha value is -2.65. The number of aryl methyl sites for hydroxylation is 3. The lowest BCUT2D eigenvalue weighted by Crippen LogP contribution is -2.33. The molecule has 0 aliphatic heterocycles. The second-order valence-corrected chi connectivity index (χ2v) is 7.08. The number of anilines is 1. The lowest BCUT2D eigenvalue weighted by molar-refractivity contribution is 0.768. The van der Waals surface area contributed by atoms with Gasteiger partial charge in [0.25, 0.3) is 0 Å². The number of nitrogens with one attached hydrogen (secondary N) is 2. The minimum absolute atomic E-state index is 0.00237. The minimum Gasteiger partial charge on any atom is -0.352 e. The number of thiocarbonyl (C=S) groups is 1. The van der Waals surface area contributed by atoms with E-state index in [1.54, 1.807) is 0 Å². The Morgan fingerprint density at radius 1 is 0.769 bits per heavy atom. The molecule has 3 heteroatoms. The maximum Gasteiger partial charge on any atom is 0.171 e. The Kier molecular flexibility index (Phi) is 5.69. The van der Waals surface area contributed by atoms with E-state index in [9.17, 15) is 0 Å². The van der Waals surface area contributed by atoms with E-state index in [-0.39, 0.29) is 6.04 Å². The lowest BCUT2D eigenvalue weighted by atomic mass is 9.98. The Morgan fingerprint density at radius 3 is 2.04 bits per heavy atom. The van der Waals surface area contributed by atoms with Crippen LogP contribution in [0.25, 0.3) is 0 Å². The molecule has 0 fully saturated rings. The molecule has 0 amide bonds. The normalized spacial score (nSPS) is 11.7. The predicted octanol–water partition coefficient (Wildman–Crippen LogP) is 5.69. The highest BCUT2D eigenvalue weighted by molar-refractivity contribution is 7.80. The van der Waals surface area contributed by atoms with Crippen molar-refractivity contribution in [2.24, 2.45) is 0 Å². The van der Waals surface area contributed by atoms with Crippen molar-refractivity contribution < 1.29 is 0 Å². The molecule has 2 N–H and O–H groups in total. The highest BCUT2D eigenvalue weighted by atomic mass is 32.1. The Morgan fingerprint density at radius 2 is 1.38 bits per heavy atom. The molecule has 3 aromatic rings. The largest absolute Gasteiger partial charge is 0.352 e. The van der Waals surface area contributed by atoms with Crippen LogP contribution in [0, 0.1) is 20.8 Å². The number of rotatable bonds is 4. The molecule has 3 aromatic carbocycles. The van der Waals surface area contributed by atoms with Crippen molar-refractivity contribution >= 4 is 23.0 Å². The van der Waals surface area contributed by atoms with Gasteiger partial charge in [0.05, 0.1) is 6.04 Å². The van der Waals surface area contributed by atoms with Gasteiger partial charge in [0.1, 0.15) is 0 Å². The molecule has 0 saturated heterocycles. The molecule has 1 atom stereocenters. The standard InChI is InChI=1S/C23H24N2S/c1-16-9-12-20(13-10-16)22(19-7-5-4-6-8-19)25-23(26)24-21-14-11-17(2)15-18(21)3/h4-15,22H,1-3H3,(H2,24,25,26)/t22-/m0/s1. The van der Waals surface area contributed by atoms with Crippen LogP contribution >= 0.6 is 12.2 Å². The molecule has 0 saturated carbocycles. The van der Waals surface area contributed by atoms with Crippen LogP contribution in [-0.2, 0) is 0 Å². The monoisotopic (exact) mass is 360 g/mol. The van der Waals surface area contributed by atoms with Crippen molar-refractivity contribution in [1.82, 2.24) is 5.32 Å². The van der Waals surface area contributed by atoms with Crippen molar-refractivity contribution in [3.8, 4) is 0 Å². The summed E-state index contributed by atoms with van der Waals surface area (Å²) in [5, 5.41) is 7.44. The summed E-state index contributed by atoms with van der Waals surface area (Å²) in [5.74, 6) is 0. The highest BCUT2D eigenvalue weighted by Crippen LogP contribution is 2.23. The topological polar surface area (TPSA) is 24.1 Å². The summed E-state index contributed by atoms with van der Waals surface area (Å²) in [4.78, 5) is 0. The summed E-state index contributed by atoms with van der Waals surface area (Å²) in [6.07, 6.45) is 0. The first-order valence-corrected chi connectivity index (χ1v) is 9.20. The van der Waals surface area contributed by atoms with Gasteiger partial charge in [-0.25, -0.2) is 0 Å². The molecule has 3 rings (SSSR count). The third-order valence-corrected chi connectivity index (χ3v) is 4.67. The van der Waals surface area contributed by atoms with Gasteiger partial charge < -0.3 is 10.6 Å². The molecule has 0 aromatic heterocycles. The second-order valence-electron chi connectivity index (χ2n) is 6.67. The van der Waals surface area contributed by atoms with E-state index in [0.717, 1.165) is 5.69 Å².